The molecule has 0 fully saturated rings. The molecule has 0 aliphatic carbocycles. The Morgan fingerprint density at radius 1 is 1.19 bits per heavy atom. The second-order valence-corrected chi connectivity index (χ2v) is 4.77. The van der Waals surface area contributed by atoms with E-state index in [1.807, 2.05) is 18.7 Å². The maximum absolute atomic E-state index is 14.0. The van der Waals surface area contributed by atoms with E-state index in [0.717, 1.165) is 13.1 Å². The molecule has 2 rings (SSSR count). The molecule has 0 aliphatic heterocycles. The van der Waals surface area contributed by atoms with Gasteiger partial charge < -0.3 is 10.2 Å². The first-order valence-electron chi connectivity index (χ1n) is 6.73. The molecule has 1 N–H and O–H groups in total. The van der Waals surface area contributed by atoms with Crippen LogP contribution in [0.15, 0.2) is 18.2 Å². The summed E-state index contributed by atoms with van der Waals surface area (Å²) >= 11 is 5.78. The van der Waals surface area contributed by atoms with E-state index in [4.69, 9.17) is 11.6 Å². The molecule has 5 nitrogen and oxygen atoms in total. The van der Waals surface area contributed by atoms with Crippen LogP contribution in [0.3, 0.4) is 0 Å². The maximum Gasteiger partial charge on any atom is 0.230 e. The third-order valence-corrected chi connectivity index (χ3v) is 3.30. The van der Waals surface area contributed by atoms with E-state index in [1.165, 1.54) is 6.07 Å². The Bertz CT molecular complexity index is 631. The summed E-state index contributed by atoms with van der Waals surface area (Å²) < 4.78 is 14.0. The van der Waals surface area contributed by atoms with Crippen LogP contribution in [0.25, 0.3) is 11.4 Å². The molecule has 0 saturated carbocycles. The summed E-state index contributed by atoms with van der Waals surface area (Å²) in [6, 6.07) is 4.43. The monoisotopic (exact) mass is 309 g/mol. The second kappa shape index (κ2) is 6.67. The van der Waals surface area contributed by atoms with Gasteiger partial charge in [-0.1, -0.05) is 11.6 Å². The minimum Gasteiger partial charge on any atom is -0.357 e. The minimum absolute atomic E-state index is 0.283. The Morgan fingerprint density at radius 2 is 1.90 bits per heavy atom. The molecule has 0 saturated heterocycles. The topological polar surface area (TPSA) is 53.9 Å². The number of nitrogens with one attached hydrogen (secondary N) is 1. The van der Waals surface area contributed by atoms with Crippen LogP contribution in [0, 0.1) is 5.82 Å². The highest BCUT2D eigenvalue weighted by molar-refractivity contribution is 6.30. The Kier molecular flexibility index (Phi) is 4.90. The maximum atomic E-state index is 14.0. The number of nitrogens with zero attached hydrogens (tertiary/aromatic N) is 4. The lowest BCUT2D eigenvalue weighted by molar-refractivity contribution is 0.630. The van der Waals surface area contributed by atoms with Crippen molar-refractivity contribution in [1.82, 2.24) is 15.0 Å². The predicted molar refractivity (Wildman–Crippen MR) is 83.3 cm³/mol. The molecule has 7 heteroatoms. The minimum atomic E-state index is -0.457. The van der Waals surface area contributed by atoms with Gasteiger partial charge in [0.1, 0.15) is 5.82 Å². The lowest BCUT2D eigenvalue weighted by atomic mass is 10.2. The zero-order valence-corrected chi connectivity index (χ0v) is 12.9. The van der Waals surface area contributed by atoms with Gasteiger partial charge in [0.2, 0.25) is 11.9 Å². The van der Waals surface area contributed by atoms with Gasteiger partial charge in [-0.3, -0.25) is 0 Å². The number of anilines is 2. The highest BCUT2D eigenvalue weighted by atomic mass is 35.5. The zero-order valence-electron chi connectivity index (χ0n) is 12.2. The summed E-state index contributed by atoms with van der Waals surface area (Å²) in [6.45, 7) is 5.53. The molecule has 0 unspecified atom stereocenters. The van der Waals surface area contributed by atoms with Crippen molar-refractivity contribution in [1.29, 1.82) is 0 Å². The van der Waals surface area contributed by atoms with Gasteiger partial charge in [0.25, 0.3) is 0 Å². The zero-order chi connectivity index (χ0) is 15.4. The fraction of sp³-hybridized carbons (Fsp3) is 0.357. The molecule has 0 radical (unpaired) electrons. The summed E-state index contributed by atoms with van der Waals surface area (Å²) in [5, 5.41) is 3.21. The third-order valence-electron chi connectivity index (χ3n) is 3.07. The van der Waals surface area contributed by atoms with Crippen molar-refractivity contribution in [2.24, 2.45) is 0 Å². The SMILES string of the molecule is CCN(CC)c1nc(NC)nc(-c2ccc(Cl)cc2F)n1. The Labute approximate surface area is 128 Å². The normalized spacial score (nSPS) is 10.5. The van der Waals surface area contributed by atoms with E-state index < -0.39 is 5.82 Å². The smallest absolute Gasteiger partial charge is 0.230 e. The number of hydrogen-bond donors (Lipinski definition) is 1. The van der Waals surface area contributed by atoms with Gasteiger partial charge in [-0.15, -0.1) is 0 Å². The first kappa shape index (κ1) is 15.4. The fourth-order valence-electron chi connectivity index (χ4n) is 1.92. The summed E-state index contributed by atoms with van der Waals surface area (Å²) in [7, 11) is 1.71. The summed E-state index contributed by atoms with van der Waals surface area (Å²) in [6.07, 6.45) is 0. The Balaban J connectivity index is 2.55. The van der Waals surface area contributed by atoms with Gasteiger partial charge >= 0.3 is 0 Å². The lowest BCUT2D eigenvalue weighted by Crippen LogP contribution is -2.25. The standard InChI is InChI=1S/C14H17ClFN5/c1-4-21(5-2)14-19-12(18-13(17-3)20-14)10-7-6-9(15)8-11(10)16/h6-8H,4-5H2,1-3H3,(H,17,18,19,20). The van der Waals surface area contributed by atoms with E-state index in [1.54, 1.807) is 19.2 Å². The van der Waals surface area contributed by atoms with Gasteiger partial charge in [0.15, 0.2) is 5.82 Å². The molecule has 0 bridgehead atoms. The second-order valence-electron chi connectivity index (χ2n) is 4.33. The van der Waals surface area contributed by atoms with Crippen LogP contribution in [0.4, 0.5) is 16.3 Å². The number of halogens is 2. The number of benzene rings is 1. The van der Waals surface area contributed by atoms with E-state index in [-0.39, 0.29) is 5.82 Å². The quantitative estimate of drug-likeness (QED) is 0.919. The van der Waals surface area contributed by atoms with E-state index in [2.05, 4.69) is 20.3 Å². The van der Waals surface area contributed by atoms with Crippen molar-refractivity contribution in [3.63, 3.8) is 0 Å². The van der Waals surface area contributed by atoms with Crippen molar-refractivity contribution in [2.45, 2.75) is 13.8 Å². The van der Waals surface area contributed by atoms with Crippen molar-refractivity contribution in [3.8, 4) is 11.4 Å². The number of rotatable bonds is 5. The van der Waals surface area contributed by atoms with Crippen LogP contribution in [0.5, 0.6) is 0 Å². The molecule has 0 aliphatic rings. The van der Waals surface area contributed by atoms with Crippen molar-refractivity contribution in [2.75, 3.05) is 30.4 Å². The van der Waals surface area contributed by atoms with Crippen LogP contribution >= 0.6 is 11.6 Å². The average molecular weight is 310 g/mol. The number of aromatic nitrogens is 3. The van der Waals surface area contributed by atoms with Crippen LogP contribution in [0.1, 0.15) is 13.8 Å². The first-order chi connectivity index (χ1) is 10.1. The predicted octanol–water partition coefficient (Wildman–Crippen LogP) is 3.22. The van der Waals surface area contributed by atoms with E-state index in [0.29, 0.717) is 22.5 Å². The number of hydrogen-bond acceptors (Lipinski definition) is 5. The summed E-state index contributed by atoms with van der Waals surface area (Å²) in [5.74, 6) is 0.742. The molecular formula is C14H17ClFN5. The molecule has 1 heterocycles. The Hall–Kier alpha value is -1.95. The molecule has 21 heavy (non-hydrogen) atoms. The van der Waals surface area contributed by atoms with Crippen molar-refractivity contribution < 1.29 is 4.39 Å². The molecule has 112 valence electrons. The lowest BCUT2D eigenvalue weighted by Gasteiger charge is -2.19. The van der Waals surface area contributed by atoms with Crippen LogP contribution in [-0.2, 0) is 0 Å². The van der Waals surface area contributed by atoms with Gasteiger partial charge in [-0.05, 0) is 32.0 Å². The van der Waals surface area contributed by atoms with Crippen LogP contribution in [0.2, 0.25) is 5.02 Å². The molecule has 0 atom stereocenters. The van der Waals surface area contributed by atoms with Crippen LogP contribution in [-0.4, -0.2) is 35.1 Å². The molecule has 0 amide bonds. The molecular weight excluding hydrogens is 293 g/mol. The van der Waals surface area contributed by atoms with Gasteiger partial charge in [0, 0.05) is 25.2 Å². The largest absolute Gasteiger partial charge is 0.357 e. The first-order valence-corrected chi connectivity index (χ1v) is 7.11. The van der Waals surface area contributed by atoms with Crippen molar-refractivity contribution in [3.05, 3.63) is 29.0 Å². The van der Waals surface area contributed by atoms with Gasteiger partial charge in [0.05, 0.1) is 5.56 Å². The van der Waals surface area contributed by atoms with Crippen molar-refractivity contribution >= 4 is 23.5 Å². The van der Waals surface area contributed by atoms with Crippen LogP contribution < -0.4 is 10.2 Å². The molecule has 1 aromatic heterocycles. The molecule has 1 aromatic carbocycles. The summed E-state index contributed by atoms with van der Waals surface area (Å²) in [5.41, 5.74) is 0.298. The van der Waals surface area contributed by atoms with E-state index in [9.17, 15) is 4.39 Å². The average Bonchev–Trinajstić information content (AvgIpc) is 2.48. The highest BCUT2D eigenvalue weighted by Gasteiger charge is 2.14. The molecule has 2 aromatic rings. The summed E-state index contributed by atoms with van der Waals surface area (Å²) in [4.78, 5) is 14.9. The third kappa shape index (κ3) is 3.39. The fourth-order valence-corrected chi connectivity index (χ4v) is 2.07. The Morgan fingerprint density at radius 3 is 2.48 bits per heavy atom. The van der Waals surface area contributed by atoms with Gasteiger partial charge in [-0.2, -0.15) is 15.0 Å². The molecule has 0 spiro atoms. The van der Waals surface area contributed by atoms with Gasteiger partial charge in [-0.25, -0.2) is 4.39 Å². The van der Waals surface area contributed by atoms with E-state index >= 15 is 0 Å². The highest BCUT2D eigenvalue weighted by Crippen LogP contribution is 2.24.